The molecular weight excluding hydrogens is 272 g/mol. The van der Waals surface area contributed by atoms with Crippen LogP contribution in [0.25, 0.3) is 0 Å². The first-order chi connectivity index (χ1) is 9.43. The van der Waals surface area contributed by atoms with Gasteiger partial charge in [0.25, 0.3) is 5.91 Å². The number of nitrogens with one attached hydrogen (secondary N) is 1. The quantitative estimate of drug-likeness (QED) is 0.925. The molecule has 0 aliphatic carbocycles. The summed E-state index contributed by atoms with van der Waals surface area (Å²) >= 11 is 1.22. The molecule has 1 aromatic rings. The lowest BCUT2D eigenvalue weighted by Crippen LogP contribution is -2.40. The highest BCUT2D eigenvalue weighted by Crippen LogP contribution is 2.28. The lowest BCUT2D eigenvalue weighted by atomic mass is 9.91. The summed E-state index contributed by atoms with van der Waals surface area (Å²) in [7, 11) is 1.98. The SMILES string of the molecule is CNCC1CCN(C(=O)c2snnc2C(C)(C)C)CC1. The maximum Gasteiger partial charge on any atom is 0.267 e. The predicted molar refractivity (Wildman–Crippen MR) is 81.2 cm³/mol. The Bertz CT molecular complexity index is 458. The van der Waals surface area contributed by atoms with Crippen LogP contribution in [0.4, 0.5) is 0 Å². The average Bonchev–Trinajstić information content (AvgIpc) is 2.88. The van der Waals surface area contributed by atoms with Crippen molar-refractivity contribution in [3.05, 3.63) is 10.6 Å². The molecule has 2 rings (SSSR count). The molecule has 112 valence electrons. The molecule has 6 heteroatoms. The first-order valence-electron chi connectivity index (χ1n) is 7.20. The van der Waals surface area contributed by atoms with E-state index in [1.165, 1.54) is 11.5 Å². The van der Waals surface area contributed by atoms with Crippen molar-refractivity contribution >= 4 is 17.4 Å². The van der Waals surface area contributed by atoms with Crippen LogP contribution < -0.4 is 5.32 Å². The molecule has 0 radical (unpaired) electrons. The van der Waals surface area contributed by atoms with Gasteiger partial charge in [-0.3, -0.25) is 4.79 Å². The van der Waals surface area contributed by atoms with Crippen molar-refractivity contribution in [3.8, 4) is 0 Å². The van der Waals surface area contributed by atoms with E-state index in [2.05, 4.69) is 35.7 Å². The van der Waals surface area contributed by atoms with E-state index in [-0.39, 0.29) is 11.3 Å². The molecule has 1 aromatic heterocycles. The Morgan fingerprint density at radius 3 is 2.60 bits per heavy atom. The highest BCUT2D eigenvalue weighted by atomic mass is 32.1. The van der Waals surface area contributed by atoms with Crippen molar-refractivity contribution < 1.29 is 4.79 Å². The second-order valence-corrected chi connectivity index (χ2v) is 7.25. The van der Waals surface area contributed by atoms with Gasteiger partial charge in [-0.25, -0.2) is 0 Å². The largest absolute Gasteiger partial charge is 0.338 e. The van der Waals surface area contributed by atoms with Gasteiger partial charge in [0, 0.05) is 18.5 Å². The summed E-state index contributed by atoms with van der Waals surface area (Å²) in [5.41, 5.74) is 0.687. The summed E-state index contributed by atoms with van der Waals surface area (Å²) in [6.07, 6.45) is 2.15. The zero-order valence-corrected chi connectivity index (χ0v) is 13.6. The van der Waals surface area contributed by atoms with Gasteiger partial charge in [-0.2, -0.15) is 0 Å². The minimum atomic E-state index is -0.136. The second-order valence-electron chi connectivity index (χ2n) is 6.49. The molecule has 0 bridgehead atoms. The summed E-state index contributed by atoms with van der Waals surface area (Å²) in [6, 6.07) is 0. The number of nitrogens with zero attached hydrogens (tertiary/aromatic N) is 3. The number of carbonyl (C=O) groups excluding carboxylic acids is 1. The van der Waals surface area contributed by atoms with Gasteiger partial charge in [0.2, 0.25) is 0 Å². The Labute approximate surface area is 124 Å². The zero-order chi connectivity index (χ0) is 14.8. The highest BCUT2D eigenvalue weighted by molar-refractivity contribution is 7.08. The van der Waals surface area contributed by atoms with Crippen LogP contribution in [0.15, 0.2) is 0 Å². The number of hydrogen-bond donors (Lipinski definition) is 1. The number of rotatable bonds is 3. The standard InChI is InChI=1S/C14H24N4OS/c1-14(2,3)12-11(20-17-16-12)13(19)18-7-5-10(6-8-18)9-15-4/h10,15H,5-9H2,1-4H3. The van der Waals surface area contributed by atoms with Crippen LogP contribution in [0.5, 0.6) is 0 Å². The third-order valence-corrected chi connectivity index (χ3v) is 4.50. The maximum atomic E-state index is 12.6. The van der Waals surface area contributed by atoms with E-state index in [0.29, 0.717) is 10.8 Å². The van der Waals surface area contributed by atoms with E-state index in [0.717, 1.165) is 38.2 Å². The third-order valence-electron chi connectivity index (χ3n) is 3.79. The third kappa shape index (κ3) is 3.35. The lowest BCUT2D eigenvalue weighted by molar-refractivity contribution is 0.0693. The van der Waals surface area contributed by atoms with Gasteiger partial charge >= 0.3 is 0 Å². The highest BCUT2D eigenvalue weighted by Gasteiger charge is 2.30. The van der Waals surface area contributed by atoms with Gasteiger partial charge in [-0.15, -0.1) is 5.10 Å². The molecule has 0 unspecified atom stereocenters. The van der Waals surface area contributed by atoms with Crippen LogP contribution in [0.3, 0.4) is 0 Å². The molecule has 1 amide bonds. The van der Waals surface area contributed by atoms with Gasteiger partial charge < -0.3 is 10.2 Å². The molecular formula is C14H24N4OS. The fourth-order valence-electron chi connectivity index (χ4n) is 2.59. The molecule has 0 aromatic carbocycles. The fourth-order valence-corrected chi connectivity index (χ4v) is 3.44. The molecule has 0 saturated carbocycles. The molecule has 5 nitrogen and oxygen atoms in total. The van der Waals surface area contributed by atoms with Gasteiger partial charge in [-0.1, -0.05) is 25.3 Å². The van der Waals surface area contributed by atoms with E-state index >= 15 is 0 Å². The Morgan fingerprint density at radius 1 is 1.40 bits per heavy atom. The van der Waals surface area contributed by atoms with Crippen molar-refractivity contribution in [1.29, 1.82) is 0 Å². The smallest absolute Gasteiger partial charge is 0.267 e. The second kappa shape index (κ2) is 6.18. The molecule has 0 spiro atoms. The Morgan fingerprint density at radius 2 is 2.05 bits per heavy atom. The molecule has 1 saturated heterocycles. The van der Waals surface area contributed by atoms with Crippen molar-refractivity contribution in [2.24, 2.45) is 5.92 Å². The average molecular weight is 296 g/mol. The number of aromatic nitrogens is 2. The zero-order valence-electron chi connectivity index (χ0n) is 12.8. The van der Waals surface area contributed by atoms with E-state index in [9.17, 15) is 4.79 Å². The number of amides is 1. The summed E-state index contributed by atoms with van der Waals surface area (Å²) in [5.74, 6) is 0.790. The molecule has 20 heavy (non-hydrogen) atoms. The molecule has 1 fully saturated rings. The fraction of sp³-hybridized carbons (Fsp3) is 0.786. The van der Waals surface area contributed by atoms with E-state index in [1.54, 1.807) is 0 Å². The first-order valence-corrected chi connectivity index (χ1v) is 7.97. The van der Waals surface area contributed by atoms with Crippen LogP contribution in [0.2, 0.25) is 0 Å². The molecule has 1 aliphatic heterocycles. The summed E-state index contributed by atoms with van der Waals surface area (Å²) < 4.78 is 3.98. The molecule has 0 atom stereocenters. The van der Waals surface area contributed by atoms with E-state index < -0.39 is 0 Å². The van der Waals surface area contributed by atoms with Gasteiger partial charge in [0.1, 0.15) is 4.88 Å². The Hall–Kier alpha value is -1.01. The van der Waals surface area contributed by atoms with Crippen LogP contribution >= 0.6 is 11.5 Å². The lowest BCUT2D eigenvalue weighted by Gasteiger charge is -2.32. The maximum absolute atomic E-state index is 12.6. The number of likely N-dealkylation sites (tertiary alicyclic amines) is 1. The number of hydrogen-bond acceptors (Lipinski definition) is 5. The predicted octanol–water partition coefficient (Wildman–Crippen LogP) is 1.91. The van der Waals surface area contributed by atoms with Crippen LogP contribution in [-0.4, -0.2) is 47.1 Å². The minimum absolute atomic E-state index is 0.104. The monoisotopic (exact) mass is 296 g/mol. The molecule has 2 heterocycles. The van der Waals surface area contributed by atoms with Crippen molar-refractivity contribution in [2.75, 3.05) is 26.7 Å². The van der Waals surface area contributed by atoms with Gasteiger partial charge in [-0.05, 0) is 43.9 Å². The first kappa shape index (κ1) is 15.4. The number of carbonyl (C=O) groups is 1. The molecule has 1 aliphatic rings. The van der Waals surface area contributed by atoms with Crippen LogP contribution in [0.1, 0.15) is 49.0 Å². The summed E-state index contributed by atoms with van der Waals surface area (Å²) in [5, 5.41) is 7.38. The van der Waals surface area contributed by atoms with Gasteiger partial charge in [0.05, 0.1) is 5.69 Å². The normalized spacial score (nSPS) is 17.5. The minimum Gasteiger partial charge on any atom is -0.338 e. The Kier molecular flexibility index (Phi) is 4.75. The Balaban J connectivity index is 2.05. The number of piperidine rings is 1. The van der Waals surface area contributed by atoms with Crippen molar-refractivity contribution in [3.63, 3.8) is 0 Å². The van der Waals surface area contributed by atoms with Crippen molar-refractivity contribution in [1.82, 2.24) is 19.8 Å². The summed E-state index contributed by atoms with van der Waals surface area (Å²) in [6.45, 7) is 8.93. The topological polar surface area (TPSA) is 58.1 Å². The molecule has 1 N–H and O–H groups in total. The summed E-state index contributed by atoms with van der Waals surface area (Å²) in [4.78, 5) is 15.3. The van der Waals surface area contributed by atoms with Crippen LogP contribution in [-0.2, 0) is 5.41 Å². The van der Waals surface area contributed by atoms with Crippen molar-refractivity contribution in [2.45, 2.75) is 39.0 Å². The van der Waals surface area contributed by atoms with E-state index in [1.807, 2.05) is 11.9 Å². The van der Waals surface area contributed by atoms with Gasteiger partial charge in [0.15, 0.2) is 0 Å². The van der Waals surface area contributed by atoms with Crippen LogP contribution in [0, 0.1) is 5.92 Å². The van der Waals surface area contributed by atoms with E-state index in [4.69, 9.17) is 0 Å².